The first-order valence-electron chi connectivity index (χ1n) is 8.47. The van der Waals surface area contributed by atoms with Gasteiger partial charge in [-0.25, -0.2) is 4.98 Å². The second kappa shape index (κ2) is 5.79. The van der Waals surface area contributed by atoms with Crippen LogP contribution < -0.4 is 5.32 Å². The Bertz CT molecular complexity index is 445. The Morgan fingerprint density at radius 3 is 2.60 bits per heavy atom. The Morgan fingerprint density at radius 2 is 1.85 bits per heavy atom. The first-order valence-corrected chi connectivity index (χ1v) is 8.47. The molecule has 3 rings (SSSR count). The molecule has 0 aliphatic heterocycles. The van der Waals surface area contributed by atoms with Crippen molar-refractivity contribution in [2.24, 2.45) is 11.8 Å². The van der Waals surface area contributed by atoms with Crippen LogP contribution in [0.25, 0.3) is 0 Å². The average Bonchev–Trinajstić information content (AvgIpc) is 3.04. The number of anilines is 1. The second-order valence-electron chi connectivity index (χ2n) is 7.07. The standard InChI is InChI=1S/C17H29N3/c1-12-7-6-10-16(14(12)3)19-17-18-13(2)11-20(17)15-8-4-5-9-15/h11-12,14-16H,4-10H2,1-3H3,(H,18,19). The molecule has 0 radical (unpaired) electrons. The van der Waals surface area contributed by atoms with Crippen molar-refractivity contribution in [1.29, 1.82) is 0 Å². The lowest BCUT2D eigenvalue weighted by atomic mass is 9.78. The van der Waals surface area contributed by atoms with E-state index < -0.39 is 0 Å². The van der Waals surface area contributed by atoms with E-state index >= 15 is 0 Å². The van der Waals surface area contributed by atoms with Crippen molar-refractivity contribution in [2.75, 3.05) is 5.32 Å². The van der Waals surface area contributed by atoms with Crippen LogP contribution in [0.2, 0.25) is 0 Å². The summed E-state index contributed by atoms with van der Waals surface area (Å²) in [4.78, 5) is 4.76. The SMILES string of the molecule is Cc1cn(C2CCCC2)c(NC2CCCC(C)C2C)n1. The summed E-state index contributed by atoms with van der Waals surface area (Å²) >= 11 is 0. The second-order valence-corrected chi connectivity index (χ2v) is 7.07. The molecular formula is C17H29N3. The Kier molecular flexibility index (Phi) is 4.04. The largest absolute Gasteiger partial charge is 0.353 e. The monoisotopic (exact) mass is 275 g/mol. The molecule has 0 amide bonds. The summed E-state index contributed by atoms with van der Waals surface area (Å²) in [7, 11) is 0. The molecule has 0 spiro atoms. The van der Waals surface area contributed by atoms with E-state index in [0.717, 1.165) is 23.5 Å². The van der Waals surface area contributed by atoms with Crippen molar-refractivity contribution in [3.8, 4) is 0 Å². The van der Waals surface area contributed by atoms with Gasteiger partial charge < -0.3 is 9.88 Å². The summed E-state index contributed by atoms with van der Waals surface area (Å²) in [6.45, 7) is 6.91. The number of aryl methyl sites for hydroxylation is 1. The summed E-state index contributed by atoms with van der Waals surface area (Å²) < 4.78 is 2.42. The van der Waals surface area contributed by atoms with Gasteiger partial charge in [0, 0.05) is 18.3 Å². The van der Waals surface area contributed by atoms with Crippen LogP contribution in [0.3, 0.4) is 0 Å². The summed E-state index contributed by atoms with van der Waals surface area (Å²) in [6.07, 6.45) is 11.7. The minimum absolute atomic E-state index is 0.598. The third-order valence-corrected chi connectivity index (χ3v) is 5.59. The molecule has 2 saturated carbocycles. The predicted octanol–water partition coefficient (Wildman–Crippen LogP) is 4.54. The number of rotatable bonds is 3. The Balaban J connectivity index is 1.76. The van der Waals surface area contributed by atoms with Gasteiger partial charge in [-0.1, -0.05) is 39.5 Å². The van der Waals surface area contributed by atoms with Crippen molar-refractivity contribution in [2.45, 2.75) is 77.8 Å². The van der Waals surface area contributed by atoms with Gasteiger partial charge in [0.1, 0.15) is 0 Å². The van der Waals surface area contributed by atoms with Crippen molar-refractivity contribution < 1.29 is 0 Å². The topological polar surface area (TPSA) is 29.9 Å². The maximum Gasteiger partial charge on any atom is 0.203 e. The predicted molar refractivity (Wildman–Crippen MR) is 84.1 cm³/mol. The van der Waals surface area contributed by atoms with Gasteiger partial charge >= 0.3 is 0 Å². The van der Waals surface area contributed by atoms with Crippen LogP contribution in [0, 0.1) is 18.8 Å². The van der Waals surface area contributed by atoms with Gasteiger partial charge in [0.05, 0.1) is 5.69 Å². The third kappa shape index (κ3) is 2.72. The van der Waals surface area contributed by atoms with E-state index in [1.165, 1.54) is 44.9 Å². The molecule has 1 aromatic rings. The highest BCUT2D eigenvalue weighted by Gasteiger charge is 2.29. The highest BCUT2D eigenvalue weighted by atomic mass is 15.2. The number of hydrogen-bond acceptors (Lipinski definition) is 2. The van der Waals surface area contributed by atoms with Crippen LogP contribution in [-0.2, 0) is 0 Å². The lowest BCUT2D eigenvalue weighted by Crippen LogP contribution is -2.36. The molecule has 0 aromatic carbocycles. The van der Waals surface area contributed by atoms with Crippen molar-refractivity contribution >= 4 is 5.95 Å². The van der Waals surface area contributed by atoms with Crippen molar-refractivity contribution in [3.63, 3.8) is 0 Å². The van der Waals surface area contributed by atoms with Gasteiger partial charge in [0.15, 0.2) is 0 Å². The first-order chi connectivity index (χ1) is 9.65. The van der Waals surface area contributed by atoms with Crippen molar-refractivity contribution in [3.05, 3.63) is 11.9 Å². The fourth-order valence-electron chi connectivity index (χ4n) is 4.04. The molecule has 2 aliphatic carbocycles. The molecule has 3 unspecified atom stereocenters. The highest BCUT2D eigenvalue weighted by Crippen LogP contribution is 2.35. The number of nitrogens with one attached hydrogen (secondary N) is 1. The van der Waals surface area contributed by atoms with E-state index in [2.05, 4.69) is 36.9 Å². The lowest BCUT2D eigenvalue weighted by molar-refractivity contribution is 0.251. The van der Waals surface area contributed by atoms with Crippen LogP contribution in [0.15, 0.2) is 6.20 Å². The average molecular weight is 275 g/mol. The number of imidazole rings is 1. The van der Waals surface area contributed by atoms with Crippen molar-refractivity contribution in [1.82, 2.24) is 9.55 Å². The summed E-state index contributed by atoms with van der Waals surface area (Å²) in [6, 6.07) is 1.27. The number of nitrogens with zero attached hydrogens (tertiary/aromatic N) is 2. The normalized spacial score (nSPS) is 31.6. The maximum absolute atomic E-state index is 4.76. The molecule has 1 N–H and O–H groups in total. The molecule has 3 nitrogen and oxygen atoms in total. The molecule has 2 fully saturated rings. The van der Waals surface area contributed by atoms with Gasteiger partial charge in [-0.05, 0) is 38.0 Å². The van der Waals surface area contributed by atoms with Crippen LogP contribution in [0.4, 0.5) is 5.95 Å². The summed E-state index contributed by atoms with van der Waals surface area (Å²) in [5, 5.41) is 3.78. The zero-order valence-electron chi connectivity index (χ0n) is 13.2. The van der Waals surface area contributed by atoms with E-state index in [-0.39, 0.29) is 0 Å². The highest BCUT2D eigenvalue weighted by molar-refractivity contribution is 5.32. The number of hydrogen-bond donors (Lipinski definition) is 1. The number of aromatic nitrogens is 2. The van der Waals surface area contributed by atoms with Crippen LogP contribution in [0.5, 0.6) is 0 Å². The first kappa shape index (κ1) is 14.0. The maximum atomic E-state index is 4.76. The molecule has 1 heterocycles. The Labute approximate surface area is 123 Å². The van der Waals surface area contributed by atoms with E-state index in [0.29, 0.717) is 12.1 Å². The van der Waals surface area contributed by atoms with Gasteiger partial charge in [-0.15, -0.1) is 0 Å². The fraction of sp³-hybridized carbons (Fsp3) is 0.824. The summed E-state index contributed by atoms with van der Waals surface area (Å²) in [5.74, 6) is 2.70. The van der Waals surface area contributed by atoms with Crippen LogP contribution in [0.1, 0.15) is 70.5 Å². The van der Waals surface area contributed by atoms with E-state index in [1.54, 1.807) is 0 Å². The zero-order valence-corrected chi connectivity index (χ0v) is 13.2. The minimum atomic E-state index is 0.598. The van der Waals surface area contributed by atoms with Crippen LogP contribution in [-0.4, -0.2) is 15.6 Å². The Morgan fingerprint density at radius 1 is 1.10 bits per heavy atom. The van der Waals surface area contributed by atoms with Crippen LogP contribution >= 0.6 is 0 Å². The Hall–Kier alpha value is -0.990. The quantitative estimate of drug-likeness (QED) is 0.877. The molecule has 112 valence electrons. The van der Waals surface area contributed by atoms with Gasteiger partial charge in [0.25, 0.3) is 0 Å². The minimum Gasteiger partial charge on any atom is -0.353 e. The molecule has 1 aromatic heterocycles. The third-order valence-electron chi connectivity index (χ3n) is 5.59. The molecule has 3 atom stereocenters. The fourth-order valence-corrected chi connectivity index (χ4v) is 4.04. The smallest absolute Gasteiger partial charge is 0.203 e. The molecular weight excluding hydrogens is 246 g/mol. The summed E-state index contributed by atoms with van der Waals surface area (Å²) in [5.41, 5.74) is 1.15. The van der Waals surface area contributed by atoms with E-state index in [4.69, 9.17) is 4.98 Å². The molecule has 20 heavy (non-hydrogen) atoms. The van der Waals surface area contributed by atoms with Gasteiger partial charge in [-0.3, -0.25) is 0 Å². The van der Waals surface area contributed by atoms with Gasteiger partial charge in [0.2, 0.25) is 5.95 Å². The molecule has 0 bridgehead atoms. The molecule has 3 heteroatoms. The van der Waals surface area contributed by atoms with E-state index in [1.807, 2.05) is 0 Å². The lowest BCUT2D eigenvalue weighted by Gasteiger charge is -2.35. The molecule has 2 aliphatic rings. The zero-order chi connectivity index (χ0) is 14.1. The molecule has 0 saturated heterocycles. The van der Waals surface area contributed by atoms with Gasteiger partial charge in [-0.2, -0.15) is 0 Å². The van der Waals surface area contributed by atoms with E-state index in [9.17, 15) is 0 Å².